The summed E-state index contributed by atoms with van der Waals surface area (Å²) in [6, 6.07) is 5.39. The number of hydrogen-bond donors (Lipinski definition) is 2. The summed E-state index contributed by atoms with van der Waals surface area (Å²) in [6.07, 6.45) is 2.53. The Kier molecular flexibility index (Phi) is 6.11. The van der Waals surface area contributed by atoms with Gasteiger partial charge in [-0.2, -0.15) is 0 Å². The molecule has 0 fully saturated rings. The minimum atomic E-state index is -0.531. The Morgan fingerprint density at radius 3 is 2.80 bits per heavy atom. The molecule has 20 heavy (non-hydrogen) atoms. The van der Waals surface area contributed by atoms with Gasteiger partial charge in [0.1, 0.15) is 0 Å². The summed E-state index contributed by atoms with van der Waals surface area (Å²) in [5.41, 5.74) is 6.49. The van der Waals surface area contributed by atoms with Crippen molar-refractivity contribution in [2.24, 2.45) is 5.73 Å². The van der Waals surface area contributed by atoms with Gasteiger partial charge in [-0.05, 0) is 18.9 Å². The lowest BCUT2D eigenvalue weighted by molar-refractivity contribution is -0.384. The van der Waals surface area contributed by atoms with Gasteiger partial charge in [0, 0.05) is 12.1 Å². The molecule has 0 aliphatic rings. The highest BCUT2D eigenvalue weighted by molar-refractivity contribution is 5.81. The Bertz CT molecular complexity index is 476. The topological polar surface area (TPSA) is 98.3 Å². The van der Waals surface area contributed by atoms with E-state index in [4.69, 9.17) is 5.73 Å². The van der Waals surface area contributed by atoms with Crippen LogP contribution in [-0.2, 0) is 4.79 Å². The Balaban J connectivity index is 2.66. The van der Waals surface area contributed by atoms with Crippen LogP contribution in [0.5, 0.6) is 0 Å². The number of benzene rings is 1. The number of nitro groups is 1. The molecule has 0 saturated heterocycles. The highest BCUT2D eigenvalue weighted by atomic mass is 16.6. The van der Waals surface area contributed by atoms with Crippen molar-refractivity contribution in [3.05, 3.63) is 39.9 Å². The molecule has 6 nitrogen and oxygen atoms in total. The fourth-order valence-corrected chi connectivity index (χ4v) is 1.87. The van der Waals surface area contributed by atoms with Crippen LogP contribution in [0.2, 0.25) is 0 Å². The van der Waals surface area contributed by atoms with Crippen LogP contribution in [-0.4, -0.2) is 16.9 Å². The molecule has 0 radical (unpaired) electrons. The molecule has 1 amide bonds. The zero-order valence-electron chi connectivity index (χ0n) is 11.8. The van der Waals surface area contributed by atoms with Gasteiger partial charge in [0.2, 0.25) is 5.91 Å². The first-order chi connectivity index (χ1) is 9.45. The fraction of sp³-hybridized carbons (Fsp3) is 0.500. The maximum Gasteiger partial charge on any atom is 0.269 e. The van der Waals surface area contributed by atoms with E-state index in [0.29, 0.717) is 12.0 Å². The van der Waals surface area contributed by atoms with Crippen molar-refractivity contribution < 1.29 is 9.72 Å². The molecule has 0 aliphatic carbocycles. The quantitative estimate of drug-likeness (QED) is 0.591. The van der Waals surface area contributed by atoms with E-state index in [-0.39, 0.29) is 17.6 Å². The highest BCUT2D eigenvalue weighted by Crippen LogP contribution is 2.19. The summed E-state index contributed by atoms with van der Waals surface area (Å²) in [4.78, 5) is 22.2. The molecule has 110 valence electrons. The number of nitrogens with two attached hydrogens (primary N) is 1. The van der Waals surface area contributed by atoms with Gasteiger partial charge in [0.25, 0.3) is 5.69 Å². The number of hydrogen-bond acceptors (Lipinski definition) is 4. The van der Waals surface area contributed by atoms with Crippen molar-refractivity contribution >= 4 is 11.6 Å². The van der Waals surface area contributed by atoms with Crippen molar-refractivity contribution in [3.63, 3.8) is 0 Å². The Morgan fingerprint density at radius 2 is 2.20 bits per heavy atom. The Morgan fingerprint density at radius 1 is 1.50 bits per heavy atom. The predicted octanol–water partition coefficient (Wildman–Crippen LogP) is 2.29. The van der Waals surface area contributed by atoms with Crippen LogP contribution in [0, 0.1) is 10.1 Å². The van der Waals surface area contributed by atoms with E-state index >= 15 is 0 Å². The molecular formula is C14H21N3O3. The lowest BCUT2D eigenvalue weighted by Gasteiger charge is -2.17. The monoisotopic (exact) mass is 279 g/mol. The van der Waals surface area contributed by atoms with E-state index in [2.05, 4.69) is 5.32 Å². The molecule has 1 aromatic carbocycles. The molecule has 0 saturated carbocycles. The average Bonchev–Trinajstić information content (AvgIpc) is 2.44. The van der Waals surface area contributed by atoms with Crippen LogP contribution >= 0.6 is 0 Å². The number of carbonyl (C=O) groups excluding carboxylic acids is 1. The Labute approximate surface area is 118 Å². The molecule has 0 spiro atoms. The first kappa shape index (κ1) is 16.1. The third kappa shape index (κ3) is 4.62. The van der Waals surface area contributed by atoms with Gasteiger partial charge in [-0.25, -0.2) is 0 Å². The van der Waals surface area contributed by atoms with Crippen molar-refractivity contribution in [2.75, 3.05) is 0 Å². The smallest absolute Gasteiger partial charge is 0.269 e. The molecule has 0 aromatic heterocycles. The first-order valence-electron chi connectivity index (χ1n) is 6.76. The maximum atomic E-state index is 11.9. The zero-order valence-corrected chi connectivity index (χ0v) is 11.8. The third-order valence-corrected chi connectivity index (χ3v) is 3.15. The summed E-state index contributed by atoms with van der Waals surface area (Å²) in [5.74, 6) is -0.225. The summed E-state index contributed by atoms with van der Waals surface area (Å²) >= 11 is 0. The van der Waals surface area contributed by atoms with Crippen molar-refractivity contribution in [1.82, 2.24) is 5.32 Å². The van der Waals surface area contributed by atoms with Gasteiger partial charge in [-0.3, -0.25) is 14.9 Å². The number of nitrogens with one attached hydrogen (secondary N) is 1. The van der Waals surface area contributed by atoms with E-state index in [1.165, 1.54) is 12.1 Å². The fourth-order valence-electron chi connectivity index (χ4n) is 1.87. The normalized spacial score (nSPS) is 13.6. The molecule has 2 atom stereocenters. The summed E-state index contributed by atoms with van der Waals surface area (Å²) in [6.45, 7) is 3.82. The molecule has 1 aromatic rings. The second-order valence-electron chi connectivity index (χ2n) is 4.83. The number of amides is 1. The second-order valence-corrected chi connectivity index (χ2v) is 4.83. The van der Waals surface area contributed by atoms with Gasteiger partial charge in [0.15, 0.2) is 0 Å². The van der Waals surface area contributed by atoms with Crippen LogP contribution in [0.4, 0.5) is 5.69 Å². The van der Waals surface area contributed by atoms with Gasteiger partial charge >= 0.3 is 0 Å². The lowest BCUT2D eigenvalue weighted by Crippen LogP contribution is -2.41. The first-order valence-corrected chi connectivity index (χ1v) is 6.76. The number of rotatable bonds is 7. The molecule has 3 N–H and O–H groups in total. The highest BCUT2D eigenvalue weighted by Gasteiger charge is 2.17. The molecule has 6 heteroatoms. The molecule has 1 rings (SSSR count). The van der Waals surface area contributed by atoms with Crippen LogP contribution in [0.25, 0.3) is 0 Å². The number of unbranched alkanes of at least 4 members (excludes halogenated alkanes) is 1. The van der Waals surface area contributed by atoms with Crippen molar-refractivity contribution in [3.8, 4) is 0 Å². The molecule has 0 aliphatic heterocycles. The number of nitro benzene ring substituents is 1. The van der Waals surface area contributed by atoms with E-state index in [9.17, 15) is 14.9 Å². The van der Waals surface area contributed by atoms with Crippen LogP contribution in [0.1, 0.15) is 44.7 Å². The predicted molar refractivity (Wildman–Crippen MR) is 77.2 cm³/mol. The van der Waals surface area contributed by atoms with Gasteiger partial charge < -0.3 is 11.1 Å². The second kappa shape index (κ2) is 7.59. The maximum absolute atomic E-state index is 11.9. The van der Waals surface area contributed by atoms with E-state index < -0.39 is 11.0 Å². The van der Waals surface area contributed by atoms with E-state index in [1.807, 2.05) is 6.92 Å². The molecule has 2 unspecified atom stereocenters. The molecule has 0 bridgehead atoms. The largest absolute Gasteiger partial charge is 0.348 e. The van der Waals surface area contributed by atoms with Crippen LogP contribution < -0.4 is 11.1 Å². The minimum Gasteiger partial charge on any atom is -0.348 e. The number of carbonyl (C=O) groups is 1. The number of non-ortho nitro benzene ring substituents is 1. The van der Waals surface area contributed by atoms with Gasteiger partial charge in [-0.1, -0.05) is 31.9 Å². The summed E-state index contributed by atoms with van der Waals surface area (Å²) < 4.78 is 0. The van der Waals surface area contributed by atoms with Crippen LogP contribution in [0.3, 0.4) is 0 Å². The average molecular weight is 279 g/mol. The third-order valence-electron chi connectivity index (χ3n) is 3.15. The van der Waals surface area contributed by atoms with Gasteiger partial charge in [-0.15, -0.1) is 0 Å². The van der Waals surface area contributed by atoms with Gasteiger partial charge in [0.05, 0.1) is 17.0 Å². The van der Waals surface area contributed by atoms with Crippen molar-refractivity contribution in [1.29, 1.82) is 0 Å². The standard InChI is InChI=1S/C14H21N3O3/c1-3-4-8-13(15)14(18)16-10(2)11-6-5-7-12(9-11)17(19)20/h5-7,9-10,13H,3-4,8,15H2,1-2H3,(H,16,18). The van der Waals surface area contributed by atoms with Crippen molar-refractivity contribution in [2.45, 2.75) is 45.2 Å². The molecule has 0 heterocycles. The zero-order chi connectivity index (χ0) is 15.1. The lowest BCUT2D eigenvalue weighted by atomic mass is 10.1. The van der Waals surface area contributed by atoms with E-state index in [1.54, 1.807) is 19.1 Å². The van der Waals surface area contributed by atoms with Crippen LogP contribution in [0.15, 0.2) is 24.3 Å². The summed E-state index contributed by atoms with van der Waals surface area (Å²) in [5, 5.41) is 13.5. The van der Waals surface area contributed by atoms with E-state index in [0.717, 1.165) is 12.8 Å². The SMILES string of the molecule is CCCCC(N)C(=O)NC(C)c1cccc([N+](=O)[O-])c1. The molecular weight excluding hydrogens is 258 g/mol. The summed E-state index contributed by atoms with van der Waals surface area (Å²) in [7, 11) is 0. The number of nitrogens with zero attached hydrogens (tertiary/aromatic N) is 1. The minimum absolute atomic E-state index is 0.0129. The Hall–Kier alpha value is -1.95.